The van der Waals surface area contributed by atoms with Gasteiger partial charge in [0.2, 0.25) is 5.91 Å². The highest BCUT2D eigenvalue weighted by Crippen LogP contribution is 1.89. The van der Waals surface area contributed by atoms with Gasteiger partial charge in [0, 0.05) is 24.7 Å². The lowest BCUT2D eigenvalue weighted by atomic mass is 10.3. The summed E-state index contributed by atoms with van der Waals surface area (Å²) in [5.41, 5.74) is -0.631. The second-order valence-corrected chi connectivity index (χ2v) is 4.10. The molecular formula is C12H17N3O5. The number of carbonyl (C=O) groups excluding carboxylic acids is 2. The summed E-state index contributed by atoms with van der Waals surface area (Å²) in [6.07, 6.45) is 1.41. The number of nitrogens with zero attached hydrogens (tertiary/aromatic N) is 1. The number of hydrogen-bond donors (Lipinski definition) is 2. The molecule has 0 atom stereocenters. The smallest absolute Gasteiger partial charge is 0.328 e. The van der Waals surface area contributed by atoms with Gasteiger partial charge < -0.3 is 10.1 Å². The molecule has 0 saturated heterocycles. The molecule has 1 amide bonds. The van der Waals surface area contributed by atoms with E-state index in [-0.39, 0.29) is 32.0 Å². The lowest BCUT2D eigenvalue weighted by Gasteiger charge is -2.07. The molecule has 0 bridgehead atoms. The summed E-state index contributed by atoms with van der Waals surface area (Å²) in [7, 11) is 0. The van der Waals surface area contributed by atoms with E-state index in [0.717, 1.165) is 0 Å². The summed E-state index contributed by atoms with van der Waals surface area (Å²) in [4.78, 5) is 47.3. The van der Waals surface area contributed by atoms with Gasteiger partial charge in [0.15, 0.2) is 0 Å². The van der Waals surface area contributed by atoms with Gasteiger partial charge in [-0.3, -0.25) is 23.9 Å². The molecule has 2 N–H and O–H groups in total. The van der Waals surface area contributed by atoms with Crippen LogP contribution in [0.2, 0.25) is 0 Å². The minimum atomic E-state index is -0.571. The summed E-state index contributed by atoms with van der Waals surface area (Å²) in [6, 6.07) is 0. The van der Waals surface area contributed by atoms with Crippen LogP contribution in [0, 0.1) is 6.92 Å². The van der Waals surface area contributed by atoms with Crippen molar-refractivity contribution in [2.75, 3.05) is 13.2 Å². The second kappa shape index (κ2) is 7.27. The van der Waals surface area contributed by atoms with Crippen LogP contribution < -0.4 is 16.6 Å². The zero-order chi connectivity index (χ0) is 15.1. The van der Waals surface area contributed by atoms with Gasteiger partial charge in [-0.15, -0.1) is 0 Å². The van der Waals surface area contributed by atoms with Gasteiger partial charge in [0.05, 0.1) is 6.61 Å². The highest BCUT2D eigenvalue weighted by Gasteiger charge is 2.07. The number of amides is 1. The van der Waals surface area contributed by atoms with E-state index in [1.54, 1.807) is 13.8 Å². The molecule has 0 saturated carbocycles. The number of aryl methyl sites for hydroxylation is 2. The molecule has 0 aliphatic heterocycles. The predicted molar refractivity (Wildman–Crippen MR) is 70.3 cm³/mol. The lowest BCUT2D eigenvalue weighted by Crippen LogP contribution is -2.34. The Hall–Kier alpha value is -2.38. The molecule has 0 unspecified atom stereocenters. The standard InChI is InChI=1S/C12H17N3O5/c1-3-20-10(17)6-13-9(16)4-5-15-7-8(2)11(18)14-12(15)19/h7H,3-6H2,1-2H3,(H,13,16)(H,14,18,19). The van der Waals surface area contributed by atoms with Crippen molar-refractivity contribution in [2.24, 2.45) is 0 Å². The third-order valence-electron chi connectivity index (χ3n) is 2.50. The SMILES string of the molecule is CCOC(=O)CNC(=O)CCn1cc(C)c(=O)[nH]c1=O. The van der Waals surface area contributed by atoms with Crippen LogP contribution in [0.3, 0.4) is 0 Å². The topological polar surface area (TPSA) is 110 Å². The van der Waals surface area contributed by atoms with Crippen molar-refractivity contribution in [1.82, 2.24) is 14.9 Å². The average molecular weight is 283 g/mol. The second-order valence-electron chi connectivity index (χ2n) is 4.10. The molecule has 8 heteroatoms. The van der Waals surface area contributed by atoms with Gasteiger partial charge in [0.25, 0.3) is 5.56 Å². The summed E-state index contributed by atoms with van der Waals surface area (Å²) < 4.78 is 5.89. The Bertz CT molecular complexity index is 602. The zero-order valence-electron chi connectivity index (χ0n) is 11.4. The molecule has 1 rings (SSSR count). The van der Waals surface area contributed by atoms with Crippen molar-refractivity contribution in [2.45, 2.75) is 26.8 Å². The first-order valence-electron chi connectivity index (χ1n) is 6.16. The summed E-state index contributed by atoms with van der Waals surface area (Å²) in [6.45, 7) is 3.40. The van der Waals surface area contributed by atoms with E-state index in [1.165, 1.54) is 10.8 Å². The molecule has 0 aliphatic carbocycles. The molecule has 8 nitrogen and oxygen atoms in total. The van der Waals surface area contributed by atoms with E-state index in [0.29, 0.717) is 5.56 Å². The zero-order valence-corrected chi connectivity index (χ0v) is 11.4. The Morgan fingerprint density at radius 3 is 2.75 bits per heavy atom. The van der Waals surface area contributed by atoms with E-state index >= 15 is 0 Å². The number of aromatic nitrogens is 2. The number of hydrogen-bond acceptors (Lipinski definition) is 5. The van der Waals surface area contributed by atoms with Gasteiger partial charge in [-0.05, 0) is 13.8 Å². The molecule has 0 aromatic carbocycles. The highest BCUT2D eigenvalue weighted by molar-refractivity contribution is 5.81. The molecule has 0 spiro atoms. The molecular weight excluding hydrogens is 266 g/mol. The fraction of sp³-hybridized carbons (Fsp3) is 0.500. The van der Waals surface area contributed by atoms with Crippen molar-refractivity contribution in [1.29, 1.82) is 0 Å². The molecule has 1 aromatic rings. The quantitative estimate of drug-likeness (QED) is 0.645. The Morgan fingerprint density at radius 2 is 2.10 bits per heavy atom. The monoisotopic (exact) mass is 283 g/mol. The normalized spacial score (nSPS) is 10.1. The average Bonchev–Trinajstić information content (AvgIpc) is 2.39. The first-order valence-corrected chi connectivity index (χ1v) is 6.16. The maximum Gasteiger partial charge on any atom is 0.328 e. The lowest BCUT2D eigenvalue weighted by molar-refractivity contribution is -0.143. The van der Waals surface area contributed by atoms with Crippen LogP contribution in [0.25, 0.3) is 0 Å². The van der Waals surface area contributed by atoms with Crippen LogP contribution in [-0.4, -0.2) is 34.6 Å². The van der Waals surface area contributed by atoms with E-state index < -0.39 is 17.2 Å². The van der Waals surface area contributed by atoms with Crippen molar-refractivity contribution in [3.63, 3.8) is 0 Å². The van der Waals surface area contributed by atoms with Crippen molar-refractivity contribution in [3.05, 3.63) is 32.6 Å². The third kappa shape index (κ3) is 4.71. The largest absolute Gasteiger partial charge is 0.465 e. The van der Waals surface area contributed by atoms with E-state index in [2.05, 4.69) is 15.0 Å². The van der Waals surface area contributed by atoms with E-state index in [1.807, 2.05) is 0 Å². The number of ether oxygens (including phenoxy) is 1. The fourth-order valence-corrected chi connectivity index (χ4v) is 1.48. The van der Waals surface area contributed by atoms with Gasteiger partial charge in [-0.2, -0.15) is 0 Å². The fourth-order valence-electron chi connectivity index (χ4n) is 1.48. The van der Waals surface area contributed by atoms with Crippen molar-refractivity contribution >= 4 is 11.9 Å². The number of esters is 1. The Balaban J connectivity index is 2.49. The minimum absolute atomic E-state index is 0.0186. The van der Waals surface area contributed by atoms with Gasteiger partial charge in [0.1, 0.15) is 6.54 Å². The summed E-state index contributed by atoms with van der Waals surface area (Å²) >= 11 is 0. The molecule has 1 aromatic heterocycles. The molecule has 110 valence electrons. The first-order chi connectivity index (χ1) is 9.43. The summed E-state index contributed by atoms with van der Waals surface area (Å²) in [5, 5.41) is 2.38. The number of rotatable bonds is 6. The van der Waals surface area contributed by atoms with Crippen LogP contribution in [-0.2, 0) is 20.9 Å². The van der Waals surface area contributed by atoms with Gasteiger partial charge >= 0.3 is 11.7 Å². The maximum atomic E-state index is 11.5. The molecule has 0 aliphatic rings. The van der Waals surface area contributed by atoms with Crippen LogP contribution >= 0.6 is 0 Å². The molecule has 0 fully saturated rings. The first kappa shape index (κ1) is 15.7. The number of nitrogens with one attached hydrogen (secondary N) is 2. The van der Waals surface area contributed by atoms with Crippen LogP contribution in [0.5, 0.6) is 0 Å². The molecule has 1 heterocycles. The van der Waals surface area contributed by atoms with Crippen LogP contribution in [0.1, 0.15) is 18.9 Å². The van der Waals surface area contributed by atoms with Crippen molar-refractivity contribution < 1.29 is 14.3 Å². The number of carbonyl (C=O) groups is 2. The molecule has 20 heavy (non-hydrogen) atoms. The third-order valence-corrected chi connectivity index (χ3v) is 2.50. The predicted octanol–water partition coefficient (Wildman–Crippen LogP) is -1.09. The van der Waals surface area contributed by atoms with E-state index in [4.69, 9.17) is 0 Å². The number of aromatic amines is 1. The highest BCUT2D eigenvalue weighted by atomic mass is 16.5. The maximum absolute atomic E-state index is 11.5. The van der Waals surface area contributed by atoms with Crippen LogP contribution in [0.15, 0.2) is 15.8 Å². The Morgan fingerprint density at radius 1 is 1.40 bits per heavy atom. The van der Waals surface area contributed by atoms with Crippen molar-refractivity contribution in [3.8, 4) is 0 Å². The van der Waals surface area contributed by atoms with Gasteiger partial charge in [-0.1, -0.05) is 0 Å². The number of H-pyrrole nitrogens is 1. The van der Waals surface area contributed by atoms with Crippen LogP contribution in [0.4, 0.5) is 0 Å². The van der Waals surface area contributed by atoms with E-state index in [9.17, 15) is 19.2 Å². The summed E-state index contributed by atoms with van der Waals surface area (Å²) in [5.74, 6) is -0.897. The Labute approximate surface area is 114 Å². The van der Waals surface area contributed by atoms with Gasteiger partial charge in [-0.25, -0.2) is 4.79 Å². The Kier molecular flexibility index (Phi) is 5.70. The minimum Gasteiger partial charge on any atom is -0.465 e. The molecule has 0 radical (unpaired) electrons.